The van der Waals surface area contributed by atoms with Crippen molar-refractivity contribution in [2.24, 2.45) is 7.05 Å². The van der Waals surface area contributed by atoms with Gasteiger partial charge in [-0.3, -0.25) is 4.79 Å². The Bertz CT molecular complexity index is 464. The first-order valence-corrected chi connectivity index (χ1v) is 5.20. The van der Waals surface area contributed by atoms with Gasteiger partial charge in [0.2, 0.25) is 0 Å². The summed E-state index contributed by atoms with van der Waals surface area (Å²) in [6.45, 7) is 0. The number of hydrogen-bond donors (Lipinski definition) is 0. The van der Waals surface area contributed by atoms with Crippen LogP contribution in [-0.2, 0) is 7.05 Å². The van der Waals surface area contributed by atoms with E-state index in [4.69, 9.17) is 5.26 Å². The molecule has 0 bridgehead atoms. The van der Waals surface area contributed by atoms with E-state index in [0.717, 1.165) is 18.5 Å². The van der Waals surface area contributed by atoms with Crippen LogP contribution in [0.2, 0.25) is 0 Å². The molecule has 1 heterocycles. The van der Waals surface area contributed by atoms with Crippen LogP contribution in [0.15, 0.2) is 10.9 Å². The number of aromatic nitrogens is 2. The first-order valence-electron chi connectivity index (χ1n) is 5.20. The number of nitrogens with zero attached hydrogens (tertiary/aromatic N) is 3. The molecule has 0 amide bonds. The second kappa shape index (κ2) is 3.85. The molecule has 1 aliphatic carbocycles. The molecule has 1 aliphatic rings. The molecule has 0 atom stereocenters. The molecular formula is C11H13N3O. The first kappa shape index (κ1) is 9.91. The number of nitriles is 1. The lowest BCUT2D eigenvalue weighted by Crippen LogP contribution is -2.22. The van der Waals surface area contributed by atoms with Gasteiger partial charge in [0.05, 0.1) is 11.3 Å². The Kier molecular flexibility index (Phi) is 2.55. The van der Waals surface area contributed by atoms with Crippen LogP contribution in [0.3, 0.4) is 0 Å². The fourth-order valence-electron chi connectivity index (χ4n) is 2.15. The number of rotatable bonds is 1. The van der Waals surface area contributed by atoms with Gasteiger partial charge in [0.1, 0.15) is 6.07 Å². The smallest absolute Gasteiger partial charge is 0.267 e. The second-order valence-electron chi connectivity index (χ2n) is 4.00. The van der Waals surface area contributed by atoms with Gasteiger partial charge in [-0.25, -0.2) is 4.68 Å². The SMILES string of the molecule is Cn1nc(C2CCCC2)c(C#N)cc1=O. The Morgan fingerprint density at radius 2 is 2.20 bits per heavy atom. The maximum absolute atomic E-state index is 11.3. The molecule has 0 saturated heterocycles. The van der Waals surface area contributed by atoms with Gasteiger partial charge in [0, 0.05) is 19.0 Å². The molecular weight excluding hydrogens is 190 g/mol. The summed E-state index contributed by atoms with van der Waals surface area (Å²) in [7, 11) is 1.63. The van der Waals surface area contributed by atoms with Crippen molar-refractivity contribution in [3.8, 4) is 6.07 Å². The third-order valence-electron chi connectivity index (χ3n) is 2.98. The van der Waals surface area contributed by atoms with Gasteiger partial charge in [-0.05, 0) is 12.8 Å². The van der Waals surface area contributed by atoms with Gasteiger partial charge in [-0.15, -0.1) is 0 Å². The van der Waals surface area contributed by atoms with Crippen LogP contribution in [0.25, 0.3) is 0 Å². The van der Waals surface area contributed by atoms with Crippen LogP contribution in [0.4, 0.5) is 0 Å². The van der Waals surface area contributed by atoms with Gasteiger partial charge < -0.3 is 0 Å². The second-order valence-corrected chi connectivity index (χ2v) is 4.00. The van der Waals surface area contributed by atoms with Crippen molar-refractivity contribution in [1.29, 1.82) is 5.26 Å². The molecule has 0 radical (unpaired) electrons. The average molecular weight is 203 g/mol. The Balaban J connectivity index is 2.50. The molecule has 4 heteroatoms. The predicted octanol–water partition coefficient (Wildman–Crippen LogP) is 1.31. The molecule has 1 aromatic rings. The third-order valence-corrected chi connectivity index (χ3v) is 2.98. The maximum Gasteiger partial charge on any atom is 0.267 e. The Morgan fingerprint density at radius 3 is 2.80 bits per heavy atom. The Morgan fingerprint density at radius 1 is 1.53 bits per heavy atom. The molecule has 4 nitrogen and oxygen atoms in total. The van der Waals surface area contributed by atoms with E-state index in [1.54, 1.807) is 7.05 Å². The minimum absolute atomic E-state index is 0.215. The molecule has 0 aliphatic heterocycles. The molecule has 1 aromatic heterocycles. The molecule has 0 aromatic carbocycles. The van der Waals surface area contributed by atoms with Gasteiger partial charge in [0.25, 0.3) is 5.56 Å². The van der Waals surface area contributed by atoms with Crippen LogP contribution in [0.1, 0.15) is 42.9 Å². The molecule has 0 unspecified atom stereocenters. The number of aryl methyl sites for hydroxylation is 1. The van der Waals surface area contributed by atoms with Gasteiger partial charge in [-0.1, -0.05) is 12.8 Å². The summed E-state index contributed by atoms with van der Waals surface area (Å²) in [5.41, 5.74) is 1.04. The van der Waals surface area contributed by atoms with Crippen molar-refractivity contribution in [2.75, 3.05) is 0 Å². The highest BCUT2D eigenvalue weighted by atomic mass is 16.1. The first-order chi connectivity index (χ1) is 7.22. The summed E-state index contributed by atoms with van der Waals surface area (Å²) in [5.74, 6) is 0.367. The van der Waals surface area contributed by atoms with Crippen molar-refractivity contribution in [1.82, 2.24) is 9.78 Å². The summed E-state index contributed by atoms with van der Waals surface area (Å²) >= 11 is 0. The quantitative estimate of drug-likeness (QED) is 0.691. The van der Waals surface area contributed by atoms with E-state index in [9.17, 15) is 4.79 Å². The van der Waals surface area contributed by atoms with Crippen LogP contribution in [-0.4, -0.2) is 9.78 Å². The zero-order valence-corrected chi connectivity index (χ0v) is 8.73. The molecule has 2 rings (SSSR count). The summed E-state index contributed by atoms with van der Waals surface area (Å²) < 4.78 is 1.31. The highest BCUT2D eigenvalue weighted by Crippen LogP contribution is 2.33. The lowest BCUT2D eigenvalue weighted by molar-refractivity contribution is 0.613. The standard InChI is InChI=1S/C11H13N3O/c1-14-10(15)6-9(7-12)11(13-14)8-4-2-3-5-8/h6,8H,2-5H2,1H3. The summed E-state index contributed by atoms with van der Waals surface area (Å²) in [5, 5.41) is 13.2. The monoisotopic (exact) mass is 203 g/mol. The fourth-order valence-corrected chi connectivity index (χ4v) is 2.15. The lowest BCUT2D eigenvalue weighted by Gasteiger charge is -2.10. The summed E-state index contributed by atoms with van der Waals surface area (Å²) in [6, 6.07) is 3.45. The fraction of sp³-hybridized carbons (Fsp3) is 0.545. The molecule has 78 valence electrons. The highest BCUT2D eigenvalue weighted by molar-refractivity contribution is 5.34. The van der Waals surface area contributed by atoms with E-state index in [0.29, 0.717) is 11.5 Å². The summed E-state index contributed by atoms with van der Waals surface area (Å²) in [6.07, 6.45) is 4.56. The maximum atomic E-state index is 11.3. The molecule has 1 saturated carbocycles. The topological polar surface area (TPSA) is 58.7 Å². The van der Waals surface area contributed by atoms with E-state index >= 15 is 0 Å². The highest BCUT2D eigenvalue weighted by Gasteiger charge is 2.22. The largest absolute Gasteiger partial charge is 0.268 e. The Labute approximate surface area is 88.2 Å². The van der Waals surface area contributed by atoms with Gasteiger partial charge >= 0.3 is 0 Å². The van der Waals surface area contributed by atoms with Crippen molar-refractivity contribution in [3.05, 3.63) is 27.7 Å². The van der Waals surface area contributed by atoms with Crippen LogP contribution in [0, 0.1) is 11.3 Å². The molecule has 1 fully saturated rings. The molecule has 15 heavy (non-hydrogen) atoms. The normalized spacial score (nSPS) is 16.5. The summed E-state index contributed by atoms with van der Waals surface area (Å²) in [4.78, 5) is 11.3. The zero-order chi connectivity index (χ0) is 10.8. The van der Waals surface area contributed by atoms with E-state index in [1.807, 2.05) is 0 Å². The molecule has 0 N–H and O–H groups in total. The van der Waals surface area contributed by atoms with Crippen molar-refractivity contribution in [3.63, 3.8) is 0 Å². The van der Waals surface area contributed by atoms with Crippen LogP contribution >= 0.6 is 0 Å². The zero-order valence-electron chi connectivity index (χ0n) is 8.73. The van der Waals surface area contributed by atoms with Crippen molar-refractivity contribution in [2.45, 2.75) is 31.6 Å². The number of hydrogen-bond acceptors (Lipinski definition) is 3. The molecule has 0 spiro atoms. The van der Waals surface area contributed by atoms with Crippen LogP contribution in [0.5, 0.6) is 0 Å². The Hall–Kier alpha value is -1.63. The van der Waals surface area contributed by atoms with Gasteiger partial charge in [0.15, 0.2) is 0 Å². The third kappa shape index (κ3) is 1.78. The van der Waals surface area contributed by atoms with E-state index < -0.39 is 0 Å². The van der Waals surface area contributed by atoms with Crippen LogP contribution < -0.4 is 5.56 Å². The van der Waals surface area contributed by atoms with Gasteiger partial charge in [-0.2, -0.15) is 10.4 Å². The van der Waals surface area contributed by atoms with E-state index in [-0.39, 0.29) is 5.56 Å². The minimum Gasteiger partial charge on any atom is -0.268 e. The van der Waals surface area contributed by atoms with E-state index in [1.165, 1.54) is 23.6 Å². The average Bonchev–Trinajstić information content (AvgIpc) is 2.74. The van der Waals surface area contributed by atoms with Crippen molar-refractivity contribution >= 4 is 0 Å². The minimum atomic E-state index is -0.215. The van der Waals surface area contributed by atoms with Crippen molar-refractivity contribution < 1.29 is 0 Å². The van der Waals surface area contributed by atoms with E-state index in [2.05, 4.69) is 11.2 Å². The lowest BCUT2D eigenvalue weighted by atomic mass is 10.00. The predicted molar refractivity (Wildman–Crippen MR) is 55.4 cm³/mol.